The van der Waals surface area contributed by atoms with E-state index in [0.717, 1.165) is 16.3 Å². The standard InChI is InChI=1S/C18H13FN6OS/c19-13-6-4-12(5-7-13)18-22-15(10-27-18)9-17(26)21-14-2-1-3-16(8-14)25-11-20-23-24-25/h1-8,10-11H,9H2,(H,21,26). The monoisotopic (exact) mass is 380 g/mol. The lowest BCUT2D eigenvalue weighted by Crippen LogP contribution is -2.14. The second-order valence-electron chi connectivity index (χ2n) is 5.68. The number of hydrogen-bond acceptors (Lipinski definition) is 6. The van der Waals surface area contributed by atoms with E-state index in [9.17, 15) is 9.18 Å². The molecule has 0 saturated carbocycles. The molecule has 0 aliphatic heterocycles. The van der Waals surface area contributed by atoms with Crippen LogP contribution in [-0.2, 0) is 11.2 Å². The number of carbonyl (C=O) groups is 1. The van der Waals surface area contributed by atoms with E-state index in [-0.39, 0.29) is 18.1 Å². The van der Waals surface area contributed by atoms with Gasteiger partial charge in [0.05, 0.1) is 17.8 Å². The number of anilines is 1. The van der Waals surface area contributed by atoms with Crippen LogP contribution in [0.4, 0.5) is 10.1 Å². The van der Waals surface area contributed by atoms with Gasteiger partial charge in [0.15, 0.2) is 0 Å². The lowest BCUT2D eigenvalue weighted by molar-refractivity contribution is -0.115. The second kappa shape index (κ2) is 7.42. The molecule has 0 spiro atoms. The second-order valence-corrected chi connectivity index (χ2v) is 6.54. The normalized spacial score (nSPS) is 10.7. The van der Waals surface area contributed by atoms with Gasteiger partial charge in [-0.3, -0.25) is 4.79 Å². The van der Waals surface area contributed by atoms with Crippen LogP contribution in [0.25, 0.3) is 16.3 Å². The number of hydrogen-bond donors (Lipinski definition) is 1. The summed E-state index contributed by atoms with van der Waals surface area (Å²) in [4.78, 5) is 16.8. The first-order chi connectivity index (χ1) is 13.2. The summed E-state index contributed by atoms with van der Waals surface area (Å²) < 4.78 is 14.5. The third-order valence-electron chi connectivity index (χ3n) is 3.73. The maximum Gasteiger partial charge on any atom is 0.230 e. The first kappa shape index (κ1) is 17.0. The van der Waals surface area contributed by atoms with Crippen molar-refractivity contribution in [3.63, 3.8) is 0 Å². The van der Waals surface area contributed by atoms with Crippen LogP contribution in [0, 0.1) is 5.82 Å². The molecule has 7 nitrogen and oxygen atoms in total. The number of benzene rings is 2. The van der Waals surface area contributed by atoms with Crippen LogP contribution in [0.5, 0.6) is 0 Å². The number of rotatable bonds is 5. The number of aromatic nitrogens is 5. The summed E-state index contributed by atoms with van der Waals surface area (Å²) >= 11 is 1.42. The van der Waals surface area contributed by atoms with Crippen molar-refractivity contribution in [1.82, 2.24) is 25.2 Å². The Balaban J connectivity index is 1.43. The number of tetrazole rings is 1. The fraction of sp³-hybridized carbons (Fsp3) is 0.0556. The van der Waals surface area contributed by atoms with Crippen LogP contribution in [0.3, 0.4) is 0 Å². The average Bonchev–Trinajstić information content (AvgIpc) is 3.35. The Morgan fingerprint density at radius 3 is 2.81 bits per heavy atom. The van der Waals surface area contributed by atoms with Crippen molar-refractivity contribution in [3.8, 4) is 16.3 Å². The predicted molar refractivity (Wildman–Crippen MR) is 99.0 cm³/mol. The summed E-state index contributed by atoms with van der Waals surface area (Å²) in [5.74, 6) is -0.473. The number of halogens is 1. The van der Waals surface area contributed by atoms with Gasteiger partial charge in [-0.05, 0) is 52.9 Å². The van der Waals surface area contributed by atoms with Gasteiger partial charge in [-0.15, -0.1) is 16.4 Å². The molecule has 0 aliphatic carbocycles. The molecule has 0 aliphatic rings. The third-order valence-corrected chi connectivity index (χ3v) is 4.67. The summed E-state index contributed by atoms with van der Waals surface area (Å²) in [7, 11) is 0. The molecule has 2 aromatic heterocycles. The van der Waals surface area contributed by atoms with E-state index in [2.05, 4.69) is 25.8 Å². The van der Waals surface area contributed by atoms with Gasteiger partial charge in [-0.1, -0.05) is 6.07 Å². The molecule has 2 aromatic carbocycles. The number of thiazole rings is 1. The summed E-state index contributed by atoms with van der Waals surface area (Å²) in [6.07, 6.45) is 1.62. The topological polar surface area (TPSA) is 85.6 Å². The molecule has 0 fully saturated rings. The SMILES string of the molecule is O=C(Cc1csc(-c2ccc(F)cc2)n1)Nc1cccc(-n2cnnn2)c1. The van der Waals surface area contributed by atoms with E-state index in [4.69, 9.17) is 0 Å². The fourth-order valence-electron chi connectivity index (χ4n) is 2.49. The Labute approximate surface area is 157 Å². The largest absolute Gasteiger partial charge is 0.326 e. The lowest BCUT2D eigenvalue weighted by Gasteiger charge is -2.06. The number of nitrogens with zero attached hydrogens (tertiary/aromatic N) is 5. The summed E-state index contributed by atoms with van der Waals surface area (Å²) in [5.41, 5.74) is 2.86. The Bertz CT molecular complexity index is 1060. The molecule has 134 valence electrons. The highest BCUT2D eigenvalue weighted by atomic mass is 32.1. The number of amides is 1. The molecule has 4 aromatic rings. The Hall–Kier alpha value is -3.46. The van der Waals surface area contributed by atoms with Crippen LogP contribution in [0.15, 0.2) is 60.2 Å². The highest BCUT2D eigenvalue weighted by molar-refractivity contribution is 7.13. The molecular formula is C18H13FN6OS. The van der Waals surface area contributed by atoms with E-state index in [1.807, 2.05) is 17.5 Å². The number of nitrogens with one attached hydrogen (secondary N) is 1. The average molecular weight is 380 g/mol. The Morgan fingerprint density at radius 1 is 1.19 bits per heavy atom. The highest BCUT2D eigenvalue weighted by Crippen LogP contribution is 2.24. The molecular weight excluding hydrogens is 367 g/mol. The van der Waals surface area contributed by atoms with E-state index >= 15 is 0 Å². The maximum absolute atomic E-state index is 13.0. The van der Waals surface area contributed by atoms with Gasteiger partial charge < -0.3 is 5.32 Å². The van der Waals surface area contributed by atoms with Crippen LogP contribution >= 0.6 is 11.3 Å². The zero-order valence-electron chi connectivity index (χ0n) is 13.9. The van der Waals surface area contributed by atoms with Gasteiger partial charge in [-0.2, -0.15) is 0 Å². The minimum Gasteiger partial charge on any atom is -0.326 e. The van der Waals surface area contributed by atoms with E-state index in [1.165, 1.54) is 34.5 Å². The molecule has 1 N–H and O–H groups in total. The van der Waals surface area contributed by atoms with Gasteiger partial charge >= 0.3 is 0 Å². The van der Waals surface area contributed by atoms with Gasteiger partial charge in [0.1, 0.15) is 17.2 Å². The molecule has 0 saturated heterocycles. The zero-order valence-corrected chi connectivity index (χ0v) is 14.7. The zero-order chi connectivity index (χ0) is 18.6. The van der Waals surface area contributed by atoms with Crippen LogP contribution in [0.2, 0.25) is 0 Å². The first-order valence-electron chi connectivity index (χ1n) is 8.01. The smallest absolute Gasteiger partial charge is 0.230 e. The van der Waals surface area contributed by atoms with Crippen LogP contribution < -0.4 is 5.32 Å². The number of carbonyl (C=O) groups excluding carboxylic acids is 1. The quantitative estimate of drug-likeness (QED) is 0.575. The van der Waals surface area contributed by atoms with Crippen molar-refractivity contribution in [2.75, 3.05) is 5.32 Å². The molecule has 2 heterocycles. The van der Waals surface area contributed by atoms with Crippen molar-refractivity contribution in [2.24, 2.45) is 0 Å². The van der Waals surface area contributed by atoms with Crippen molar-refractivity contribution in [2.45, 2.75) is 6.42 Å². The summed E-state index contributed by atoms with van der Waals surface area (Å²) in [6, 6.07) is 13.3. The van der Waals surface area contributed by atoms with E-state index < -0.39 is 0 Å². The van der Waals surface area contributed by atoms with E-state index in [0.29, 0.717) is 11.4 Å². The highest BCUT2D eigenvalue weighted by Gasteiger charge is 2.10. The first-order valence-corrected chi connectivity index (χ1v) is 8.89. The lowest BCUT2D eigenvalue weighted by atomic mass is 10.2. The maximum atomic E-state index is 13.0. The van der Waals surface area contributed by atoms with Crippen molar-refractivity contribution < 1.29 is 9.18 Å². The fourth-order valence-corrected chi connectivity index (χ4v) is 3.31. The molecule has 0 bridgehead atoms. The molecule has 9 heteroatoms. The Morgan fingerprint density at radius 2 is 2.04 bits per heavy atom. The van der Waals surface area contributed by atoms with Crippen molar-refractivity contribution in [3.05, 3.63) is 71.7 Å². The van der Waals surface area contributed by atoms with Crippen LogP contribution in [0.1, 0.15) is 5.69 Å². The minimum absolute atomic E-state index is 0.146. The molecule has 4 rings (SSSR count). The molecule has 27 heavy (non-hydrogen) atoms. The molecule has 0 atom stereocenters. The minimum atomic E-state index is -0.293. The summed E-state index contributed by atoms with van der Waals surface area (Å²) in [6.45, 7) is 0. The summed E-state index contributed by atoms with van der Waals surface area (Å²) in [5, 5.41) is 16.4. The Kier molecular flexibility index (Phi) is 4.67. The van der Waals surface area contributed by atoms with Crippen LogP contribution in [-0.4, -0.2) is 31.1 Å². The van der Waals surface area contributed by atoms with Gasteiger partial charge in [-0.25, -0.2) is 14.1 Å². The van der Waals surface area contributed by atoms with Gasteiger partial charge in [0.25, 0.3) is 0 Å². The van der Waals surface area contributed by atoms with Crippen molar-refractivity contribution >= 4 is 22.9 Å². The third kappa shape index (κ3) is 4.04. The van der Waals surface area contributed by atoms with Gasteiger partial charge in [0.2, 0.25) is 5.91 Å². The molecule has 0 radical (unpaired) electrons. The van der Waals surface area contributed by atoms with Crippen molar-refractivity contribution in [1.29, 1.82) is 0 Å². The predicted octanol–water partition coefficient (Wildman–Crippen LogP) is 3.11. The molecule has 1 amide bonds. The van der Waals surface area contributed by atoms with E-state index in [1.54, 1.807) is 24.3 Å². The van der Waals surface area contributed by atoms with Gasteiger partial charge in [0, 0.05) is 16.6 Å². The molecule has 0 unspecified atom stereocenters.